The molecule has 3 rings (SSSR count). The first-order chi connectivity index (χ1) is 9.13. The average Bonchev–Trinajstić information content (AvgIpc) is 2.45. The lowest BCUT2D eigenvalue weighted by Gasteiger charge is -2.61. The minimum atomic E-state index is 0.331. The monoisotopic (exact) mass is 283 g/mol. The van der Waals surface area contributed by atoms with Crippen LogP contribution in [0.3, 0.4) is 0 Å². The van der Waals surface area contributed by atoms with E-state index in [2.05, 4.69) is 37.2 Å². The molecule has 2 saturated carbocycles. The summed E-state index contributed by atoms with van der Waals surface area (Å²) in [6, 6.07) is 1.43. The van der Waals surface area contributed by atoms with Gasteiger partial charge in [0.15, 0.2) is 0 Å². The molecule has 1 aliphatic heterocycles. The maximum atomic E-state index is 6.01. The highest BCUT2D eigenvalue weighted by molar-refractivity contribution is 7.99. The third-order valence-corrected chi connectivity index (χ3v) is 6.80. The Bertz CT molecular complexity index is 320. The molecule has 2 aliphatic carbocycles. The minimum Gasteiger partial charge on any atom is -0.377 e. The van der Waals surface area contributed by atoms with Gasteiger partial charge in [0.2, 0.25) is 0 Å². The summed E-state index contributed by atoms with van der Waals surface area (Å²) in [5, 5.41) is 4.90. The van der Waals surface area contributed by atoms with E-state index in [1.54, 1.807) is 0 Å². The molecule has 19 heavy (non-hydrogen) atoms. The molecule has 1 N–H and O–H groups in total. The Morgan fingerprint density at radius 2 is 2.00 bits per heavy atom. The van der Waals surface area contributed by atoms with Gasteiger partial charge in [-0.1, -0.05) is 20.3 Å². The zero-order valence-corrected chi connectivity index (χ0v) is 13.5. The summed E-state index contributed by atoms with van der Waals surface area (Å²) in [5.74, 6) is 0.776. The zero-order valence-electron chi connectivity index (χ0n) is 12.7. The molecule has 0 aromatic carbocycles. The number of nitrogens with one attached hydrogen (secondary N) is 1. The number of rotatable bonds is 3. The first-order valence-electron chi connectivity index (χ1n) is 8.03. The molecule has 5 unspecified atom stereocenters. The van der Waals surface area contributed by atoms with Gasteiger partial charge in [-0.05, 0) is 38.4 Å². The van der Waals surface area contributed by atoms with Crippen LogP contribution in [0.25, 0.3) is 0 Å². The summed E-state index contributed by atoms with van der Waals surface area (Å²) >= 11 is 2.06. The van der Waals surface area contributed by atoms with Crippen molar-refractivity contribution in [3.63, 3.8) is 0 Å². The Labute approximate surface area is 122 Å². The smallest absolute Gasteiger partial charge is 0.0684 e. The molecule has 3 heteroatoms. The summed E-state index contributed by atoms with van der Waals surface area (Å²) < 4.78 is 6.01. The van der Waals surface area contributed by atoms with Crippen LogP contribution in [-0.4, -0.2) is 36.3 Å². The first kappa shape index (κ1) is 14.2. The molecule has 0 amide bonds. The number of hydrogen-bond donors (Lipinski definition) is 1. The molecular weight excluding hydrogens is 254 g/mol. The van der Waals surface area contributed by atoms with Crippen molar-refractivity contribution in [3.05, 3.63) is 0 Å². The quantitative estimate of drug-likeness (QED) is 0.857. The van der Waals surface area contributed by atoms with Gasteiger partial charge in [-0.2, -0.15) is 11.8 Å². The second kappa shape index (κ2) is 5.57. The second-order valence-corrected chi connectivity index (χ2v) is 8.42. The van der Waals surface area contributed by atoms with E-state index in [-0.39, 0.29) is 0 Å². The predicted octanol–water partition coefficient (Wildman–Crippen LogP) is 3.45. The molecular formula is C16H29NOS. The van der Waals surface area contributed by atoms with Gasteiger partial charge in [0.1, 0.15) is 0 Å². The first-order valence-corrected chi connectivity index (χ1v) is 9.32. The van der Waals surface area contributed by atoms with Gasteiger partial charge in [-0.25, -0.2) is 0 Å². The van der Waals surface area contributed by atoms with Crippen LogP contribution in [0.5, 0.6) is 0 Å². The third-order valence-electron chi connectivity index (χ3n) is 5.71. The maximum Gasteiger partial charge on any atom is 0.0684 e. The van der Waals surface area contributed by atoms with Gasteiger partial charge in [-0.3, -0.25) is 0 Å². The molecule has 1 saturated heterocycles. The lowest BCUT2D eigenvalue weighted by Crippen LogP contribution is -2.70. The molecule has 0 spiro atoms. The van der Waals surface area contributed by atoms with E-state index in [9.17, 15) is 0 Å². The second-order valence-electron chi connectivity index (χ2n) is 7.28. The van der Waals surface area contributed by atoms with Crippen molar-refractivity contribution in [2.24, 2.45) is 11.3 Å². The van der Waals surface area contributed by atoms with Crippen LogP contribution in [0.15, 0.2) is 0 Å². The summed E-state index contributed by atoms with van der Waals surface area (Å²) in [4.78, 5) is 0. The van der Waals surface area contributed by atoms with E-state index < -0.39 is 0 Å². The van der Waals surface area contributed by atoms with Crippen molar-refractivity contribution in [2.45, 2.75) is 75.8 Å². The van der Waals surface area contributed by atoms with Crippen LogP contribution in [0.4, 0.5) is 0 Å². The molecule has 1 heterocycles. The molecule has 0 bridgehead atoms. The van der Waals surface area contributed by atoms with Crippen LogP contribution >= 0.6 is 11.8 Å². The van der Waals surface area contributed by atoms with Gasteiger partial charge in [-0.15, -0.1) is 0 Å². The molecule has 2 nitrogen and oxygen atoms in total. The SMILES string of the molecule is CSC1CCCC(NC2C3CCCOC3C2(C)C)C1. The van der Waals surface area contributed by atoms with Crippen LogP contribution in [0, 0.1) is 11.3 Å². The third kappa shape index (κ3) is 2.58. The lowest BCUT2D eigenvalue weighted by molar-refractivity contribution is -0.194. The van der Waals surface area contributed by atoms with Crippen molar-refractivity contribution in [3.8, 4) is 0 Å². The fourth-order valence-electron chi connectivity index (χ4n) is 4.63. The number of fused-ring (bicyclic) bond motifs is 1. The van der Waals surface area contributed by atoms with E-state index in [0.29, 0.717) is 17.6 Å². The van der Waals surface area contributed by atoms with Crippen molar-refractivity contribution in [2.75, 3.05) is 12.9 Å². The summed E-state index contributed by atoms with van der Waals surface area (Å²) in [7, 11) is 0. The Balaban J connectivity index is 1.59. The van der Waals surface area contributed by atoms with E-state index in [4.69, 9.17) is 4.74 Å². The molecule has 5 atom stereocenters. The van der Waals surface area contributed by atoms with E-state index in [0.717, 1.165) is 23.8 Å². The molecule has 3 fully saturated rings. The topological polar surface area (TPSA) is 21.3 Å². The normalized spacial score (nSPS) is 45.3. The average molecular weight is 283 g/mol. The Morgan fingerprint density at radius 3 is 2.79 bits per heavy atom. The lowest BCUT2D eigenvalue weighted by atomic mass is 9.55. The highest BCUT2D eigenvalue weighted by atomic mass is 32.2. The van der Waals surface area contributed by atoms with Crippen molar-refractivity contribution >= 4 is 11.8 Å². The number of ether oxygens (including phenoxy) is 1. The van der Waals surface area contributed by atoms with Crippen LogP contribution in [-0.2, 0) is 4.74 Å². The van der Waals surface area contributed by atoms with Gasteiger partial charge in [0.25, 0.3) is 0 Å². The summed E-state index contributed by atoms with van der Waals surface area (Å²) in [5.41, 5.74) is 0.331. The van der Waals surface area contributed by atoms with Gasteiger partial charge in [0.05, 0.1) is 6.10 Å². The van der Waals surface area contributed by atoms with E-state index in [1.165, 1.54) is 38.5 Å². The van der Waals surface area contributed by atoms with E-state index >= 15 is 0 Å². The maximum absolute atomic E-state index is 6.01. The molecule has 0 radical (unpaired) electrons. The van der Waals surface area contributed by atoms with Crippen molar-refractivity contribution in [1.82, 2.24) is 5.32 Å². The number of hydrogen-bond acceptors (Lipinski definition) is 3. The van der Waals surface area contributed by atoms with Crippen LogP contribution in [0.1, 0.15) is 52.4 Å². The van der Waals surface area contributed by atoms with Gasteiger partial charge >= 0.3 is 0 Å². The molecule has 3 aliphatic rings. The summed E-state index contributed by atoms with van der Waals surface area (Å²) in [6.45, 7) is 5.77. The summed E-state index contributed by atoms with van der Waals surface area (Å²) in [6.07, 6.45) is 11.0. The fourth-order valence-corrected chi connectivity index (χ4v) is 5.45. The van der Waals surface area contributed by atoms with E-state index in [1.807, 2.05) is 0 Å². The minimum absolute atomic E-state index is 0.331. The Morgan fingerprint density at radius 1 is 1.16 bits per heavy atom. The molecule has 0 aromatic rings. The van der Waals surface area contributed by atoms with Gasteiger partial charge < -0.3 is 10.1 Å². The highest BCUT2D eigenvalue weighted by Gasteiger charge is 2.58. The van der Waals surface area contributed by atoms with Crippen molar-refractivity contribution < 1.29 is 4.74 Å². The number of thioether (sulfide) groups is 1. The van der Waals surface area contributed by atoms with Gasteiger partial charge in [0, 0.05) is 35.3 Å². The largest absolute Gasteiger partial charge is 0.377 e. The Kier molecular flexibility index (Phi) is 4.17. The molecule has 110 valence electrons. The Hall–Kier alpha value is 0.270. The van der Waals surface area contributed by atoms with Crippen LogP contribution in [0.2, 0.25) is 0 Å². The molecule has 0 aromatic heterocycles. The zero-order chi connectivity index (χ0) is 13.5. The van der Waals surface area contributed by atoms with Crippen molar-refractivity contribution in [1.29, 1.82) is 0 Å². The highest BCUT2D eigenvalue weighted by Crippen LogP contribution is 2.51. The van der Waals surface area contributed by atoms with Crippen LogP contribution < -0.4 is 5.32 Å². The fraction of sp³-hybridized carbons (Fsp3) is 1.00. The standard InChI is InChI=1S/C16H29NOS/c1-16(2)14(13-8-5-9-18-15(13)16)17-11-6-4-7-12(10-11)19-3/h11-15,17H,4-10H2,1-3H3. The predicted molar refractivity (Wildman–Crippen MR) is 82.7 cm³/mol.